The Kier molecular flexibility index (Phi) is 2.04. The molecule has 1 unspecified atom stereocenters. The molecule has 3 nitrogen and oxygen atoms in total. The number of pyridine rings is 1. The zero-order valence-electron chi connectivity index (χ0n) is 9.16. The molecule has 1 aromatic rings. The van der Waals surface area contributed by atoms with Crippen LogP contribution in [0.2, 0.25) is 0 Å². The summed E-state index contributed by atoms with van der Waals surface area (Å²) in [6.07, 6.45) is 5.95. The van der Waals surface area contributed by atoms with E-state index in [0.717, 1.165) is 12.4 Å². The standard InChI is InChI=1S/C12H17N3/c1-9-6-11-12(14-7-9)15-5-3-2-4-10(15)8-13-11/h6-7,10,13H,2-5,8H2,1H3. The number of nitrogens with one attached hydrogen (secondary N) is 1. The lowest BCUT2D eigenvalue weighted by atomic mass is 9.99. The molecule has 3 heterocycles. The molecule has 0 spiro atoms. The third kappa shape index (κ3) is 1.46. The molecule has 3 rings (SSSR count). The third-order valence-electron chi connectivity index (χ3n) is 3.43. The highest BCUT2D eigenvalue weighted by molar-refractivity contribution is 5.69. The number of aryl methyl sites for hydroxylation is 1. The topological polar surface area (TPSA) is 28.2 Å². The van der Waals surface area contributed by atoms with Crippen LogP contribution in [0, 0.1) is 6.92 Å². The van der Waals surface area contributed by atoms with Gasteiger partial charge in [-0.15, -0.1) is 0 Å². The van der Waals surface area contributed by atoms with Crippen molar-refractivity contribution in [2.24, 2.45) is 0 Å². The fourth-order valence-corrected chi connectivity index (χ4v) is 2.64. The van der Waals surface area contributed by atoms with E-state index < -0.39 is 0 Å². The first kappa shape index (κ1) is 9.01. The number of nitrogens with zero attached hydrogens (tertiary/aromatic N) is 2. The third-order valence-corrected chi connectivity index (χ3v) is 3.43. The van der Waals surface area contributed by atoms with Crippen molar-refractivity contribution in [1.29, 1.82) is 0 Å². The number of piperidine rings is 1. The SMILES string of the molecule is Cc1cnc2c(c1)NCC1CCCCN21. The van der Waals surface area contributed by atoms with Crippen molar-refractivity contribution in [3.8, 4) is 0 Å². The fourth-order valence-electron chi connectivity index (χ4n) is 2.64. The van der Waals surface area contributed by atoms with E-state index in [2.05, 4.69) is 28.2 Å². The van der Waals surface area contributed by atoms with Crippen molar-refractivity contribution >= 4 is 11.5 Å². The van der Waals surface area contributed by atoms with Gasteiger partial charge in [-0.25, -0.2) is 4.98 Å². The van der Waals surface area contributed by atoms with Crippen molar-refractivity contribution in [1.82, 2.24) is 4.98 Å². The van der Waals surface area contributed by atoms with Gasteiger partial charge in [0.1, 0.15) is 0 Å². The number of fused-ring (bicyclic) bond motifs is 3. The van der Waals surface area contributed by atoms with Gasteiger partial charge in [-0.05, 0) is 37.8 Å². The van der Waals surface area contributed by atoms with Gasteiger partial charge < -0.3 is 10.2 Å². The number of hydrogen-bond acceptors (Lipinski definition) is 3. The maximum Gasteiger partial charge on any atom is 0.152 e. The molecule has 2 aliphatic heterocycles. The second kappa shape index (κ2) is 3.40. The molecule has 1 saturated heterocycles. The first-order valence-corrected chi connectivity index (χ1v) is 5.82. The summed E-state index contributed by atoms with van der Waals surface area (Å²) in [5, 5.41) is 3.50. The summed E-state index contributed by atoms with van der Waals surface area (Å²) in [7, 11) is 0. The molecule has 15 heavy (non-hydrogen) atoms. The Bertz CT molecular complexity index is 375. The number of rotatable bonds is 0. The van der Waals surface area contributed by atoms with Crippen LogP contribution >= 0.6 is 0 Å². The van der Waals surface area contributed by atoms with Crippen LogP contribution in [0.4, 0.5) is 11.5 Å². The molecular weight excluding hydrogens is 186 g/mol. The summed E-state index contributed by atoms with van der Waals surface area (Å²) in [4.78, 5) is 7.05. The monoisotopic (exact) mass is 203 g/mol. The lowest BCUT2D eigenvalue weighted by molar-refractivity contribution is 0.462. The number of hydrogen-bond donors (Lipinski definition) is 1. The smallest absolute Gasteiger partial charge is 0.152 e. The van der Waals surface area contributed by atoms with Gasteiger partial charge in [0.15, 0.2) is 5.82 Å². The van der Waals surface area contributed by atoms with Crippen LogP contribution in [-0.4, -0.2) is 24.1 Å². The van der Waals surface area contributed by atoms with E-state index in [1.807, 2.05) is 6.20 Å². The van der Waals surface area contributed by atoms with Gasteiger partial charge in [-0.2, -0.15) is 0 Å². The normalized spacial score (nSPS) is 24.1. The van der Waals surface area contributed by atoms with Crippen LogP contribution in [0.3, 0.4) is 0 Å². The van der Waals surface area contributed by atoms with Crippen molar-refractivity contribution < 1.29 is 0 Å². The van der Waals surface area contributed by atoms with Crippen LogP contribution in [0.15, 0.2) is 12.3 Å². The van der Waals surface area contributed by atoms with Gasteiger partial charge in [0.2, 0.25) is 0 Å². The Morgan fingerprint density at radius 2 is 2.40 bits per heavy atom. The minimum atomic E-state index is 0.668. The van der Waals surface area contributed by atoms with Gasteiger partial charge in [0.25, 0.3) is 0 Å². The predicted molar refractivity (Wildman–Crippen MR) is 62.4 cm³/mol. The molecule has 0 saturated carbocycles. The van der Waals surface area contributed by atoms with Crippen molar-refractivity contribution in [2.75, 3.05) is 23.3 Å². The second-order valence-corrected chi connectivity index (χ2v) is 4.61. The molecule has 1 aromatic heterocycles. The van der Waals surface area contributed by atoms with E-state index in [-0.39, 0.29) is 0 Å². The summed E-state index contributed by atoms with van der Waals surface area (Å²) >= 11 is 0. The maximum absolute atomic E-state index is 4.57. The summed E-state index contributed by atoms with van der Waals surface area (Å²) in [5.74, 6) is 1.16. The van der Waals surface area contributed by atoms with Gasteiger partial charge in [0, 0.05) is 25.3 Å². The lowest BCUT2D eigenvalue weighted by Crippen LogP contribution is -2.47. The van der Waals surface area contributed by atoms with Crippen molar-refractivity contribution in [3.63, 3.8) is 0 Å². The summed E-state index contributed by atoms with van der Waals surface area (Å²) < 4.78 is 0. The van der Waals surface area contributed by atoms with Gasteiger partial charge in [0.05, 0.1) is 5.69 Å². The molecule has 0 aromatic carbocycles. The summed E-state index contributed by atoms with van der Waals surface area (Å²) in [5.41, 5.74) is 2.45. The van der Waals surface area contributed by atoms with Crippen LogP contribution < -0.4 is 10.2 Å². The van der Waals surface area contributed by atoms with E-state index in [0.29, 0.717) is 6.04 Å². The highest BCUT2D eigenvalue weighted by Crippen LogP contribution is 2.33. The average molecular weight is 203 g/mol. The van der Waals surface area contributed by atoms with Crippen molar-refractivity contribution in [2.45, 2.75) is 32.2 Å². The highest BCUT2D eigenvalue weighted by Gasteiger charge is 2.28. The number of aromatic nitrogens is 1. The van der Waals surface area contributed by atoms with Crippen LogP contribution in [0.1, 0.15) is 24.8 Å². The molecular formula is C12H17N3. The Morgan fingerprint density at radius 1 is 1.47 bits per heavy atom. The molecule has 0 aliphatic carbocycles. The molecule has 1 fully saturated rings. The Morgan fingerprint density at radius 3 is 3.33 bits per heavy atom. The molecule has 2 aliphatic rings. The Labute approximate surface area is 90.5 Å². The Hall–Kier alpha value is -1.25. The first-order valence-electron chi connectivity index (χ1n) is 5.82. The lowest BCUT2D eigenvalue weighted by Gasteiger charge is -2.41. The first-order chi connectivity index (χ1) is 7.34. The maximum atomic E-state index is 4.57. The summed E-state index contributed by atoms with van der Waals surface area (Å²) in [6, 6.07) is 2.87. The predicted octanol–water partition coefficient (Wildman–Crippen LogP) is 2.17. The minimum Gasteiger partial charge on any atom is -0.380 e. The van der Waals surface area contributed by atoms with Crippen LogP contribution in [0.25, 0.3) is 0 Å². The average Bonchev–Trinajstić information content (AvgIpc) is 2.28. The molecule has 0 radical (unpaired) electrons. The molecule has 1 atom stereocenters. The Balaban J connectivity index is 1.99. The van der Waals surface area contributed by atoms with E-state index in [1.54, 1.807) is 0 Å². The highest BCUT2D eigenvalue weighted by atomic mass is 15.3. The minimum absolute atomic E-state index is 0.668. The van der Waals surface area contributed by atoms with E-state index in [1.165, 1.54) is 37.1 Å². The van der Waals surface area contributed by atoms with Gasteiger partial charge >= 0.3 is 0 Å². The van der Waals surface area contributed by atoms with E-state index in [9.17, 15) is 0 Å². The molecule has 0 bridgehead atoms. The largest absolute Gasteiger partial charge is 0.380 e. The van der Waals surface area contributed by atoms with Gasteiger partial charge in [-0.1, -0.05) is 0 Å². The number of anilines is 2. The molecule has 0 amide bonds. The fraction of sp³-hybridized carbons (Fsp3) is 0.583. The second-order valence-electron chi connectivity index (χ2n) is 4.61. The van der Waals surface area contributed by atoms with Crippen LogP contribution in [0.5, 0.6) is 0 Å². The van der Waals surface area contributed by atoms with Crippen molar-refractivity contribution in [3.05, 3.63) is 17.8 Å². The van der Waals surface area contributed by atoms with E-state index >= 15 is 0 Å². The van der Waals surface area contributed by atoms with E-state index in [4.69, 9.17) is 0 Å². The zero-order chi connectivity index (χ0) is 10.3. The quantitative estimate of drug-likeness (QED) is 0.700. The van der Waals surface area contributed by atoms with Crippen LogP contribution in [-0.2, 0) is 0 Å². The molecule has 1 N–H and O–H groups in total. The molecule has 80 valence electrons. The molecule has 3 heteroatoms. The summed E-state index contributed by atoms with van der Waals surface area (Å²) in [6.45, 7) is 4.35. The van der Waals surface area contributed by atoms with Gasteiger partial charge in [-0.3, -0.25) is 0 Å². The zero-order valence-corrected chi connectivity index (χ0v) is 9.16.